The molecule has 0 aromatic carbocycles. The van der Waals surface area contributed by atoms with Crippen molar-refractivity contribution in [2.24, 2.45) is 5.41 Å². The molecule has 0 aliphatic carbocycles. The Bertz CT molecular complexity index is 638. The summed E-state index contributed by atoms with van der Waals surface area (Å²) >= 11 is 1.02. The molecule has 1 fully saturated rings. The van der Waals surface area contributed by atoms with Crippen molar-refractivity contribution in [2.75, 3.05) is 32.6 Å². The summed E-state index contributed by atoms with van der Waals surface area (Å²) in [6, 6.07) is 0. The molecule has 1 rings (SSSR count). The van der Waals surface area contributed by atoms with Crippen molar-refractivity contribution >= 4 is 41.7 Å². The molecule has 11 nitrogen and oxygen atoms in total. The third kappa shape index (κ3) is 8.59. The average Bonchev–Trinajstić information content (AvgIpc) is 2.65. The van der Waals surface area contributed by atoms with Crippen molar-refractivity contribution in [2.45, 2.75) is 38.0 Å². The summed E-state index contributed by atoms with van der Waals surface area (Å²) in [5, 5.41) is 13.2. The van der Waals surface area contributed by atoms with E-state index >= 15 is 0 Å². The third-order valence-corrected chi connectivity index (χ3v) is 5.18. The van der Waals surface area contributed by atoms with Crippen LogP contribution in [0.5, 0.6) is 0 Å². The predicted molar refractivity (Wildman–Crippen MR) is 101 cm³/mol. The number of hydrogen-bond donors (Lipinski definition) is 3. The Morgan fingerprint density at radius 3 is 2.59 bits per heavy atom. The van der Waals surface area contributed by atoms with Gasteiger partial charge in [0.05, 0.1) is 13.5 Å². The second-order valence-corrected chi connectivity index (χ2v) is 8.20. The van der Waals surface area contributed by atoms with E-state index in [4.69, 9.17) is 14.6 Å². The van der Waals surface area contributed by atoms with E-state index in [1.165, 1.54) is 7.11 Å². The second-order valence-electron chi connectivity index (χ2n) is 6.89. The lowest BCUT2D eigenvalue weighted by Gasteiger charge is -2.35. The van der Waals surface area contributed by atoms with Crippen molar-refractivity contribution < 1.29 is 43.3 Å². The molecule has 2 amide bonds. The van der Waals surface area contributed by atoms with Gasteiger partial charge in [-0.15, -0.1) is 11.8 Å². The van der Waals surface area contributed by atoms with Crippen LogP contribution in [0.1, 0.15) is 26.7 Å². The Morgan fingerprint density at radius 1 is 1.28 bits per heavy atom. The van der Waals surface area contributed by atoms with Gasteiger partial charge in [-0.25, -0.2) is 4.79 Å². The van der Waals surface area contributed by atoms with Gasteiger partial charge in [-0.05, 0) is 0 Å². The number of ether oxygens (including phenoxy) is 3. The van der Waals surface area contributed by atoms with Gasteiger partial charge in [0.1, 0.15) is 11.9 Å². The van der Waals surface area contributed by atoms with Crippen LogP contribution < -0.4 is 10.6 Å². The lowest BCUT2D eigenvalue weighted by atomic mass is 9.86. The summed E-state index contributed by atoms with van der Waals surface area (Å²) in [5.41, 5.74) is -0.692. The molecule has 0 aromatic heterocycles. The number of methoxy groups -OCH3 is 1. The van der Waals surface area contributed by atoms with Crippen molar-refractivity contribution in [3.05, 3.63) is 0 Å². The number of carboxylic acids is 1. The Kier molecular flexibility index (Phi) is 9.72. The Hall–Kier alpha value is -2.50. The van der Waals surface area contributed by atoms with Crippen LogP contribution in [0.3, 0.4) is 0 Å². The number of carboxylic acid groups (broad SMARTS) is 1. The smallest absolute Gasteiger partial charge is 0.480 e. The van der Waals surface area contributed by atoms with Gasteiger partial charge in [-0.3, -0.25) is 19.2 Å². The van der Waals surface area contributed by atoms with Crippen LogP contribution in [0.25, 0.3) is 0 Å². The van der Waals surface area contributed by atoms with Gasteiger partial charge in [-0.2, -0.15) is 0 Å². The highest BCUT2D eigenvalue weighted by molar-refractivity contribution is 8.00. The minimum atomic E-state index is -1.13. The topological polar surface area (TPSA) is 157 Å². The Balaban J connectivity index is 2.26. The zero-order chi connectivity index (χ0) is 22.0. The standard InChI is InChI=1S/C17H26N2O9S/c1-17(2)9-27-16(25)28-13(17)14(22)19-5-4-11(20)18-6-7-29-10(15(23)24)8-12(21)26-3/h10,13H,4-9H2,1-3H3,(H,18,20)(H,19,22)(H,23,24)/t10?,13-/m0/s1. The molecular formula is C17H26N2O9S. The molecule has 0 bridgehead atoms. The molecule has 3 N–H and O–H groups in total. The minimum absolute atomic E-state index is 0.00147. The predicted octanol–water partition coefficient (Wildman–Crippen LogP) is -0.0800. The van der Waals surface area contributed by atoms with E-state index in [2.05, 4.69) is 15.4 Å². The summed E-state index contributed by atoms with van der Waals surface area (Å²) in [6.07, 6.45) is -2.18. The molecule has 29 heavy (non-hydrogen) atoms. The highest BCUT2D eigenvalue weighted by Gasteiger charge is 2.43. The van der Waals surface area contributed by atoms with Crippen molar-refractivity contribution in [1.82, 2.24) is 10.6 Å². The van der Waals surface area contributed by atoms with Crippen LogP contribution in [0, 0.1) is 5.41 Å². The van der Waals surface area contributed by atoms with E-state index in [1.807, 2.05) is 0 Å². The molecule has 12 heteroatoms. The number of cyclic esters (lactones) is 2. The van der Waals surface area contributed by atoms with Gasteiger partial charge in [0.2, 0.25) is 5.91 Å². The first kappa shape index (κ1) is 24.5. The zero-order valence-electron chi connectivity index (χ0n) is 16.5. The first-order chi connectivity index (χ1) is 13.6. The highest BCUT2D eigenvalue weighted by atomic mass is 32.2. The van der Waals surface area contributed by atoms with E-state index in [0.717, 1.165) is 11.8 Å². The van der Waals surface area contributed by atoms with Crippen molar-refractivity contribution in [1.29, 1.82) is 0 Å². The summed E-state index contributed by atoms with van der Waals surface area (Å²) in [6.45, 7) is 3.74. The summed E-state index contributed by atoms with van der Waals surface area (Å²) < 4.78 is 14.1. The number of rotatable bonds is 11. The third-order valence-electron chi connectivity index (χ3n) is 3.97. The second kappa shape index (κ2) is 11.5. The molecular weight excluding hydrogens is 408 g/mol. The molecule has 0 spiro atoms. The van der Waals surface area contributed by atoms with Gasteiger partial charge in [-0.1, -0.05) is 13.8 Å². The first-order valence-electron chi connectivity index (χ1n) is 8.86. The summed E-state index contributed by atoms with van der Waals surface area (Å²) in [7, 11) is 1.18. The SMILES string of the molecule is COC(=O)CC(SCCNC(=O)CCNC(=O)[C@@H]1OC(=O)OCC1(C)C)C(=O)O. The number of esters is 1. The van der Waals surface area contributed by atoms with E-state index in [0.29, 0.717) is 0 Å². The van der Waals surface area contributed by atoms with Gasteiger partial charge in [0.15, 0.2) is 6.10 Å². The van der Waals surface area contributed by atoms with E-state index in [-0.39, 0.29) is 44.2 Å². The van der Waals surface area contributed by atoms with E-state index < -0.39 is 40.8 Å². The number of hydrogen-bond acceptors (Lipinski definition) is 9. The van der Waals surface area contributed by atoms with E-state index in [1.54, 1.807) is 13.8 Å². The maximum Gasteiger partial charge on any atom is 0.509 e. The van der Waals surface area contributed by atoms with Crippen molar-refractivity contribution in [3.8, 4) is 0 Å². The average molecular weight is 434 g/mol. The maximum atomic E-state index is 12.2. The van der Waals surface area contributed by atoms with Crippen LogP contribution in [0.4, 0.5) is 4.79 Å². The fourth-order valence-electron chi connectivity index (χ4n) is 2.34. The minimum Gasteiger partial charge on any atom is -0.480 e. The number of amides is 2. The van der Waals surface area contributed by atoms with Crippen LogP contribution in [0.15, 0.2) is 0 Å². The number of carbonyl (C=O) groups excluding carboxylic acids is 4. The molecule has 1 aliphatic heterocycles. The quantitative estimate of drug-likeness (QED) is 0.297. The monoisotopic (exact) mass is 434 g/mol. The van der Waals surface area contributed by atoms with E-state index in [9.17, 15) is 24.0 Å². The normalized spacial score (nSPS) is 18.6. The highest BCUT2D eigenvalue weighted by Crippen LogP contribution is 2.28. The largest absolute Gasteiger partial charge is 0.509 e. The summed E-state index contributed by atoms with van der Waals surface area (Å²) in [4.78, 5) is 57.5. The Morgan fingerprint density at radius 2 is 1.97 bits per heavy atom. The fraction of sp³-hybridized carbons (Fsp3) is 0.706. The zero-order valence-corrected chi connectivity index (χ0v) is 17.3. The lowest BCUT2D eigenvalue weighted by molar-refractivity contribution is -0.149. The number of aliphatic carboxylic acids is 1. The van der Waals surface area contributed by atoms with Crippen molar-refractivity contribution in [3.63, 3.8) is 0 Å². The number of nitrogens with one attached hydrogen (secondary N) is 2. The van der Waals surface area contributed by atoms with Gasteiger partial charge in [0, 0.05) is 30.7 Å². The maximum absolute atomic E-state index is 12.2. The molecule has 0 saturated carbocycles. The molecule has 1 saturated heterocycles. The molecule has 164 valence electrons. The molecule has 1 heterocycles. The van der Waals surface area contributed by atoms with Gasteiger partial charge < -0.3 is 30.0 Å². The first-order valence-corrected chi connectivity index (χ1v) is 9.90. The fourth-order valence-corrected chi connectivity index (χ4v) is 3.24. The molecule has 1 unspecified atom stereocenters. The number of thioether (sulfide) groups is 1. The molecule has 2 atom stereocenters. The molecule has 1 aliphatic rings. The molecule has 0 radical (unpaired) electrons. The lowest BCUT2D eigenvalue weighted by Crippen LogP contribution is -2.52. The molecule has 0 aromatic rings. The summed E-state index contributed by atoms with van der Waals surface area (Å²) in [5.74, 6) is -2.32. The van der Waals surface area contributed by atoms with Gasteiger partial charge >= 0.3 is 18.1 Å². The number of carbonyl (C=O) groups is 5. The Labute approximate surface area is 172 Å². The van der Waals surface area contributed by atoms with Crippen LogP contribution >= 0.6 is 11.8 Å². The van der Waals surface area contributed by atoms with Crippen LogP contribution in [0.2, 0.25) is 0 Å². The van der Waals surface area contributed by atoms with Crippen LogP contribution in [-0.4, -0.2) is 78.9 Å². The van der Waals surface area contributed by atoms with Crippen LogP contribution in [-0.2, 0) is 33.4 Å². The van der Waals surface area contributed by atoms with Gasteiger partial charge in [0.25, 0.3) is 5.91 Å².